The van der Waals surface area contributed by atoms with Crippen molar-refractivity contribution in [2.75, 3.05) is 17.1 Å². The molecule has 0 heterocycles. The Kier molecular flexibility index (Phi) is 8.65. The van der Waals surface area contributed by atoms with E-state index in [2.05, 4.69) is 5.32 Å². The summed E-state index contributed by atoms with van der Waals surface area (Å²) in [6.45, 7) is 2.80. The Labute approximate surface area is 200 Å². The molecule has 1 N–H and O–H groups in total. The van der Waals surface area contributed by atoms with Gasteiger partial charge in [0, 0.05) is 19.5 Å². The molecule has 180 valence electrons. The lowest BCUT2D eigenvalue weighted by Crippen LogP contribution is -2.32. The average molecular weight is 485 g/mol. The summed E-state index contributed by atoms with van der Waals surface area (Å²) in [7, 11) is -3.45. The topological polar surface area (TPSA) is 75.7 Å². The Morgan fingerprint density at radius 1 is 0.971 bits per heavy atom. The highest BCUT2D eigenvalue weighted by molar-refractivity contribution is 7.92. The van der Waals surface area contributed by atoms with Gasteiger partial charge in [0.25, 0.3) is 0 Å². The molecule has 8 heteroatoms. The van der Waals surface area contributed by atoms with Gasteiger partial charge in [-0.05, 0) is 60.4 Å². The summed E-state index contributed by atoms with van der Waals surface area (Å²) in [5.74, 6) is 0.250. The molecule has 0 aliphatic heterocycles. The minimum absolute atomic E-state index is 0.144. The molecule has 0 aliphatic carbocycles. The van der Waals surface area contributed by atoms with Crippen LogP contribution in [0.2, 0.25) is 0 Å². The van der Waals surface area contributed by atoms with E-state index < -0.39 is 10.0 Å². The predicted octanol–water partition coefficient (Wildman–Crippen LogP) is 4.58. The molecule has 0 aromatic heterocycles. The van der Waals surface area contributed by atoms with Gasteiger partial charge < -0.3 is 10.1 Å². The molecule has 3 aromatic carbocycles. The Morgan fingerprint density at radius 3 is 2.26 bits per heavy atom. The van der Waals surface area contributed by atoms with Crippen LogP contribution in [0.4, 0.5) is 10.1 Å². The third-order valence-electron chi connectivity index (χ3n) is 5.28. The first kappa shape index (κ1) is 25.2. The highest BCUT2D eigenvalue weighted by Crippen LogP contribution is 2.22. The monoisotopic (exact) mass is 484 g/mol. The van der Waals surface area contributed by atoms with Gasteiger partial charge in [-0.1, -0.05) is 42.5 Å². The van der Waals surface area contributed by atoms with Gasteiger partial charge in [0.2, 0.25) is 15.9 Å². The van der Waals surface area contributed by atoms with E-state index >= 15 is 0 Å². The molecule has 3 rings (SSSR count). The van der Waals surface area contributed by atoms with Crippen LogP contribution in [0.1, 0.15) is 29.5 Å². The second kappa shape index (κ2) is 11.7. The van der Waals surface area contributed by atoms with E-state index in [1.807, 2.05) is 43.3 Å². The van der Waals surface area contributed by atoms with E-state index in [4.69, 9.17) is 4.74 Å². The van der Waals surface area contributed by atoms with E-state index in [1.54, 1.807) is 24.3 Å². The van der Waals surface area contributed by atoms with Crippen LogP contribution in [0.15, 0.2) is 72.8 Å². The maximum absolute atomic E-state index is 13.0. The van der Waals surface area contributed by atoms with Gasteiger partial charge in [0.1, 0.15) is 18.2 Å². The number of carbonyl (C=O) groups excluding carboxylic acids is 1. The second-order valence-electron chi connectivity index (χ2n) is 8.06. The summed E-state index contributed by atoms with van der Waals surface area (Å²) in [5.41, 5.74) is 3.28. The molecular weight excluding hydrogens is 455 g/mol. The number of nitrogens with one attached hydrogen (secondary N) is 1. The van der Waals surface area contributed by atoms with Crippen LogP contribution in [0.25, 0.3) is 0 Å². The number of para-hydroxylation sites is 1. The quantitative estimate of drug-likeness (QED) is 0.432. The number of anilines is 1. The molecule has 0 saturated carbocycles. The van der Waals surface area contributed by atoms with Crippen molar-refractivity contribution >= 4 is 21.6 Å². The number of amides is 1. The fourth-order valence-corrected chi connectivity index (χ4v) is 4.45. The molecule has 1 amide bonds. The SMILES string of the molecule is Cc1ccccc1N(CCCC(=O)NCc1ccc(OCc2ccc(F)cc2)cc1)S(C)(=O)=O. The fraction of sp³-hybridized carbons (Fsp3) is 0.269. The lowest BCUT2D eigenvalue weighted by molar-refractivity contribution is -0.121. The third-order valence-corrected chi connectivity index (χ3v) is 6.46. The smallest absolute Gasteiger partial charge is 0.232 e. The lowest BCUT2D eigenvalue weighted by atomic mass is 10.2. The van der Waals surface area contributed by atoms with E-state index in [0.29, 0.717) is 31.0 Å². The van der Waals surface area contributed by atoms with Crippen LogP contribution >= 0.6 is 0 Å². The number of carbonyl (C=O) groups is 1. The largest absolute Gasteiger partial charge is 0.489 e. The third kappa shape index (κ3) is 7.59. The number of ether oxygens (including phenoxy) is 1. The number of sulfonamides is 1. The number of nitrogens with zero attached hydrogens (tertiary/aromatic N) is 1. The highest BCUT2D eigenvalue weighted by atomic mass is 32.2. The van der Waals surface area contributed by atoms with Crippen LogP contribution in [0, 0.1) is 12.7 Å². The van der Waals surface area contributed by atoms with Crippen molar-refractivity contribution in [1.82, 2.24) is 5.32 Å². The predicted molar refractivity (Wildman–Crippen MR) is 132 cm³/mol. The van der Waals surface area contributed by atoms with Crippen LogP contribution in [-0.4, -0.2) is 27.1 Å². The minimum Gasteiger partial charge on any atom is -0.489 e. The van der Waals surface area contributed by atoms with Crippen molar-refractivity contribution in [3.63, 3.8) is 0 Å². The summed E-state index contributed by atoms with van der Waals surface area (Å²) in [6, 6.07) is 20.8. The van der Waals surface area contributed by atoms with Crippen LogP contribution in [0.5, 0.6) is 5.75 Å². The molecule has 0 aliphatic rings. The first-order valence-electron chi connectivity index (χ1n) is 11.0. The molecular formula is C26H29FN2O4S. The van der Waals surface area contributed by atoms with Gasteiger partial charge in [0.05, 0.1) is 11.9 Å². The van der Waals surface area contributed by atoms with Crippen LogP contribution < -0.4 is 14.4 Å². The fourth-order valence-electron chi connectivity index (χ4n) is 3.43. The molecule has 0 fully saturated rings. The number of hydrogen-bond donors (Lipinski definition) is 1. The maximum Gasteiger partial charge on any atom is 0.232 e. The standard InChI is InChI=1S/C26H29FN2O4S/c1-20-6-3-4-7-25(20)29(34(2,31)32)17-5-8-26(30)28-18-21-11-15-24(16-12-21)33-19-22-9-13-23(27)14-10-22/h3-4,6-7,9-16H,5,8,17-19H2,1-2H3,(H,28,30). The minimum atomic E-state index is -3.45. The van der Waals surface area contributed by atoms with Gasteiger partial charge in [-0.3, -0.25) is 9.10 Å². The Balaban J connectivity index is 1.43. The van der Waals surface area contributed by atoms with Gasteiger partial charge in [-0.15, -0.1) is 0 Å². The van der Waals surface area contributed by atoms with Crippen LogP contribution in [-0.2, 0) is 28.0 Å². The van der Waals surface area contributed by atoms with Crippen molar-refractivity contribution in [3.05, 3.63) is 95.3 Å². The van der Waals surface area contributed by atoms with E-state index in [1.165, 1.54) is 22.7 Å². The molecule has 6 nitrogen and oxygen atoms in total. The molecule has 34 heavy (non-hydrogen) atoms. The van der Waals surface area contributed by atoms with Crippen molar-refractivity contribution < 1.29 is 22.3 Å². The number of aryl methyl sites for hydroxylation is 1. The first-order valence-corrected chi connectivity index (χ1v) is 12.8. The number of rotatable bonds is 11. The van der Waals surface area contributed by atoms with Crippen molar-refractivity contribution in [2.24, 2.45) is 0 Å². The zero-order valence-electron chi connectivity index (χ0n) is 19.3. The van der Waals surface area contributed by atoms with E-state index in [0.717, 1.165) is 16.7 Å². The molecule has 0 spiro atoms. The first-order chi connectivity index (χ1) is 16.2. The molecule has 3 aromatic rings. The average Bonchev–Trinajstić information content (AvgIpc) is 2.81. The molecule has 0 atom stereocenters. The zero-order valence-corrected chi connectivity index (χ0v) is 20.1. The summed E-state index contributed by atoms with van der Waals surface area (Å²) in [6.07, 6.45) is 1.80. The molecule has 0 unspecified atom stereocenters. The summed E-state index contributed by atoms with van der Waals surface area (Å²) in [4.78, 5) is 12.3. The van der Waals surface area contributed by atoms with Gasteiger partial charge in [-0.25, -0.2) is 12.8 Å². The van der Waals surface area contributed by atoms with Gasteiger partial charge in [-0.2, -0.15) is 0 Å². The van der Waals surface area contributed by atoms with E-state index in [9.17, 15) is 17.6 Å². The molecule has 0 bridgehead atoms. The summed E-state index contributed by atoms with van der Waals surface area (Å²) in [5, 5.41) is 2.86. The number of hydrogen-bond acceptors (Lipinski definition) is 4. The Bertz CT molecular complexity index is 1200. The molecule has 0 saturated heterocycles. The lowest BCUT2D eigenvalue weighted by Gasteiger charge is -2.24. The Morgan fingerprint density at radius 2 is 1.62 bits per heavy atom. The molecule has 0 radical (unpaired) electrons. The van der Waals surface area contributed by atoms with Crippen LogP contribution in [0.3, 0.4) is 0 Å². The van der Waals surface area contributed by atoms with Crippen molar-refractivity contribution in [1.29, 1.82) is 0 Å². The van der Waals surface area contributed by atoms with Gasteiger partial charge in [0.15, 0.2) is 0 Å². The van der Waals surface area contributed by atoms with Crippen molar-refractivity contribution in [2.45, 2.75) is 32.9 Å². The zero-order chi connectivity index (χ0) is 24.6. The van der Waals surface area contributed by atoms with Crippen molar-refractivity contribution in [3.8, 4) is 5.75 Å². The number of halogens is 1. The maximum atomic E-state index is 13.0. The highest BCUT2D eigenvalue weighted by Gasteiger charge is 2.19. The van der Waals surface area contributed by atoms with Gasteiger partial charge >= 0.3 is 0 Å². The second-order valence-corrected chi connectivity index (χ2v) is 9.97. The Hall–Kier alpha value is -3.39. The summed E-state index contributed by atoms with van der Waals surface area (Å²) >= 11 is 0. The van der Waals surface area contributed by atoms with E-state index in [-0.39, 0.29) is 24.7 Å². The summed E-state index contributed by atoms with van der Waals surface area (Å²) < 4.78 is 44.5. The normalized spacial score (nSPS) is 11.1. The number of benzene rings is 3.